The Balaban J connectivity index is 2.63. The normalized spacial score (nSPS) is 14.2. The molecule has 96 valence electrons. The molecule has 0 aliphatic carbocycles. The van der Waals surface area contributed by atoms with Crippen molar-refractivity contribution in [1.29, 1.82) is 0 Å². The van der Waals surface area contributed by atoms with E-state index < -0.39 is 5.60 Å². The quantitative estimate of drug-likeness (QED) is 0.843. The second kappa shape index (κ2) is 6.16. The standard InChI is InChI=1S/C11H18BrN3O2/c1-4-5-11(2,16)7-14-10-13-6-8(12)9(15-10)17-3/h6,16H,4-5,7H2,1-3H3,(H,13,14,15). The van der Waals surface area contributed by atoms with E-state index in [0.717, 1.165) is 12.8 Å². The summed E-state index contributed by atoms with van der Waals surface area (Å²) >= 11 is 3.28. The third-order valence-electron chi connectivity index (χ3n) is 2.32. The minimum atomic E-state index is -0.752. The summed E-state index contributed by atoms with van der Waals surface area (Å²) in [6.07, 6.45) is 3.27. The number of halogens is 1. The molecule has 0 aromatic carbocycles. The van der Waals surface area contributed by atoms with Crippen LogP contribution < -0.4 is 10.1 Å². The fourth-order valence-electron chi connectivity index (χ4n) is 1.48. The fourth-order valence-corrected chi connectivity index (χ4v) is 1.83. The number of nitrogens with one attached hydrogen (secondary N) is 1. The van der Waals surface area contributed by atoms with E-state index in [2.05, 4.69) is 31.2 Å². The topological polar surface area (TPSA) is 67.3 Å². The van der Waals surface area contributed by atoms with Crippen molar-refractivity contribution in [2.24, 2.45) is 0 Å². The Bertz CT molecular complexity index is 372. The summed E-state index contributed by atoms with van der Waals surface area (Å²) in [6.45, 7) is 4.23. The third kappa shape index (κ3) is 4.47. The molecule has 2 N–H and O–H groups in total. The van der Waals surface area contributed by atoms with Crippen LogP contribution in [0.1, 0.15) is 26.7 Å². The molecule has 0 amide bonds. The minimum absolute atomic E-state index is 0.408. The van der Waals surface area contributed by atoms with E-state index in [4.69, 9.17) is 4.74 Å². The first-order valence-corrected chi connectivity index (χ1v) is 6.30. The summed E-state index contributed by atoms with van der Waals surface area (Å²) in [5.74, 6) is 0.916. The van der Waals surface area contributed by atoms with Gasteiger partial charge >= 0.3 is 0 Å². The number of rotatable bonds is 6. The average Bonchev–Trinajstić information content (AvgIpc) is 2.28. The second-order valence-corrected chi connectivity index (χ2v) is 5.01. The molecule has 1 heterocycles. The Hall–Kier alpha value is -0.880. The first kappa shape index (κ1) is 14.2. The van der Waals surface area contributed by atoms with Crippen molar-refractivity contribution in [2.45, 2.75) is 32.3 Å². The molecule has 1 aromatic rings. The van der Waals surface area contributed by atoms with Crippen LogP contribution in [0, 0.1) is 0 Å². The Kier molecular flexibility index (Phi) is 5.14. The predicted molar refractivity (Wildman–Crippen MR) is 70.3 cm³/mol. The molecule has 0 saturated carbocycles. The molecule has 1 atom stereocenters. The van der Waals surface area contributed by atoms with E-state index >= 15 is 0 Å². The lowest BCUT2D eigenvalue weighted by Gasteiger charge is -2.22. The molecule has 6 heteroatoms. The highest BCUT2D eigenvalue weighted by molar-refractivity contribution is 9.10. The van der Waals surface area contributed by atoms with Gasteiger partial charge < -0.3 is 15.2 Å². The second-order valence-electron chi connectivity index (χ2n) is 4.15. The Morgan fingerprint density at radius 1 is 1.59 bits per heavy atom. The first-order chi connectivity index (χ1) is 7.98. The van der Waals surface area contributed by atoms with Crippen molar-refractivity contribution >= 4 is 21.9 Å². The van der Waals surface area contributed by atoms with Gasteiger partial charge in [-0.2, -0.15) is 4.98 Å². The summed E-state index contributed by atoms with van der Waals surface area (Å²) in [5.41, 5.74) is -0.752. The van der Waals surface area contributed by atoms with E-state index in [9.17, 15) is 5.11 Å². The van der Waals surface area contributed by atoms with Crippen molar-refractivity contribution in [3.8, 4) is 5.88 Å². The van der Waals surface area contributed by atoms with Crippen LogP contribution >= 0.6 is 15.9 Å². The van der Waals surface area contributed by atoms with Crippen molar-refractivity contribution in [3.05, 3.63) is 10.7 Å². The molecule has 1 rings (SSSR count). The number of nitrogens with zero attached hydrogens (tertiary/aromatic N) is 2. The number of methoxy groups -OCH3 is 1. The van der Waals surface area contributed by atoms with Crippen LogP contribution in [0.5, 0.6) is 5.88 Å². The maximum absolute atomic E-state index is 10.00. The first-order valence-electron chi connectivity index (χ1n) is 5.51. The van der Waals surface area contributed by atoms with E-state index in [1.807, 2.05) is 6.92 Å². The van der Waals surface area contributed by atoms with E-state index in [1.165, 1.54) is 0 Å². The van der Waals surface area contributed by atoms with Gasteiger partial charge in [-0.3, -0.25) is 0 Å². The zero-order valence-corrected chi connectivity index (χ0v) is 11.9. The molecule has 0 aliphatic heterocycles. The van der Waals surface area contributed by atoms with Crippen LogP contribution in [0.4, 0.5) is 5.95 Å². The highest BCUT2D eigenvalue weighted by Gasteiger charge is 2.19. The summed E-state index contributed by atoms with van der Waals surface area (Å²) in [5, 5.41) is 13.0. The van der Waals surface area contributed by atoms with Crippen molar-refractivity contribution in [3.63, 3.8) is 0 Å². The smallest absolute Gasteiger partial charge is 0.232 e. The summed E-state index contributed by atoms with van der Waals surface area (Å²) in [6, 6.07) is 0. The molecule has 17 heavy (non-hydrogen) atoms. The molecule has 0 fully saturated rings. The predicted octanol–water partition coefficient (Wildman–Crippen LogP) is 2.21. The van der Waals surface area contributed by atoms with E-state index in [0.29, 0.717) is 22.8 Å². The monoisotopic (exact) mass is 303 g/mol. The number of hydrogen-bond acceptors (Lipinski definition) is 5. The number of aliphatic hydroxyl groups is 1. The highest BCUT2D eigenvalue weighted by Crippen LogP contribution is 2.22. The Morgan fingerprint density at radius 2 is 2.29 bits per heavy atom. The molecule has 1 aromatic heterocycles. The van der Waals surface area contributed by atoms with E-state index in [-0.39, 0.29) is 0 Å². The molecule has 1 unspecified atom stereocenters. The van der Waals surface area contributed by atoms with Crippen LogP contribution in [-0.4, -0.2) is 34.3 Å². The van der Waals surface area contributed by atoms with Crippen LogP contribution in [0.25, 0.3) is 0 Å². The van der Waals surface area contributed by atoms with Crippen LogP contribution in [-0.2, 0) is 0 Å². The maximum Gasteiger partial charge on any atom is 0.232 e. The van der Waals surface area contributed by atoms with Crippen LogP contribution in [0.3, 0.4) is 0 Å². The van der Waals surface area contributed by atoms with Gasteiger partial charge in [-0.1, -0.05) is 13.3 Å². The number of aromatic nitrogens is 2. The van der Waals surface area contributed by atoms with Gasteiger partial charge in [-0.05, 0) is 29.3 Å². The largest absolute Gasteiger partial charge is 0.480 e. The van der Waals surface area contributed by atoms with Crippen molar-refractivity contribution in [1.82, 2.24) is 9.97 Å². The third-order valence-corrected chi connectivity index (χ3v) is 2.87. The van der Waals surface area contributed by atoms with Crippen LogP contribution in [0.2, 0.25) is 0 Å². The molecular formula is C11H18BrN3O2. The van der Waals surface area contributed by atoms with Gasteiger partial charge in [0, 0.05) is 6.54 Å². The summed E-state index contributed by atoms with van der Waals surface area (Å²) in [4.78, 5) is 8.24. The number of ether oxygens (including phenoxy) is 1. The molecule has 0 spiro atoms. The molecule has 0 bridgehead atoms. The minimum Gasteiger partial charge on any atom is -0.480 e. The van der Waals surface area contributed by atoms with Crippen LogP contribution in [0.15, 0.2) is 10.7 Å². The highest BCUT2D eigenvalue weighted by atomic mass is 79.9. The fraction of sp³-hybridized carbons (Fsp3) is 0.636. The molecule has 0 saturated heterocycles. The zero-order chi connectivity index (χ0) is 12.9. The lowest BCUT2D eigenvalue weighted by molar-refractivity contribution is 0.0635. The SMILES string of the molecule is CCCC(C)(O)CNc1ncc(Br)c(OC)n1. The van der Waals surface area contributed by atoms with Gasteiger partial charge in [0.25, 0.3) is 0 Å². The number of anilines is 1. The summed E-state index contributed by atoms with van der Waals surface area (Å²) in [7, 11) is 1.55. The molecule has 0 radical (unpaired) electrons. The lowest BCUT2D eigenvalue weighted by atomic mass is 10.0. The Morgan fingerprint density at radius 3 is 2.88 bits per heavy atom. The van der Waals surface area contributed by atoms with Gasteiger partial charge in [-0.25, -0.2) is 4.98 Å². The van der Waals surface area contributed by atoms with Gasteiger partial charge in [0.05, 0.1) is 23.4 Å². The van der Waals surface area contributed by atoms with Gasteiger partial charge in [0.2, 0.25) is 11.8 Å². The van der Waals surface area contributed by atoms with Gasteiger partial charge in [0.15, 0.2) is 0 Å². The maximum atomic E-state index is 10.00. The van der Waals surface area contributed by atoms with E-state index in [1.54, 1.807) is 20.2 Å². The molecule has 5 nitrogen and oxygen atoms in total. The van der Waals surface area contributed by atoms with Gasteiger partial charge in [0.1, 0.15) is 0 Å². The van der Waals surface area contributed by atoms with Gasteiger partial charge in [-0.15, -0.1) is 0 Å². The van der Waals surface area contributed by atoms with Crippen molar-refractivity contribution < 1.29 is 9.84 Å². The summed E-state index contributed by atoms with van der Waals surface area (Å²) < 4.78 is 5.76. The number of hydrogen-bond donors (Lipinski definition) is 2. The average molecular weight is 304 g/mol. The lowest BCUT2D eigenvalue weighted by Crippen LogP contribution is -2.33. The molecule has 0 aliphatic rings. The Labute approximate surface area is 110 Å². The van der Waals surface area contributed by atoms with Crippen molar-refractivity contribution in [2.75, 3.05) is 19.0 Å². The zero-order valence-electron chi connectivity index (χ0n) is 10.3. The molecular weight excluding hydrogens is 286 g/mol.